The Morgan fingerprint density at radius 2 is 2.00 bits per heavy atom. The average molecular weight is 175 g/mol. The van der Waals surface area contributed by atoms with Gasteiger partial charge >= 0.3 is 0 Å². The lowest BCUT2D eigenvalue weighted by atomic mass is 9.90. The smallest absolute Gasteiger partial charge is 0.227 e. The molecule has 1 amide bonds. The van der Waals surface area contributed by atoms with E-state index in [1.54, 1.807) is 0 Å². The number of hydrogen-bond donors (Lipinski definition) is 1. The summed E-state index contributed by atoms with van der Waals surface area (Å²) in [7, 11) is 0. The number of nitrogens with one attached hydrogen (secondary N) is 1. The normalized spacial score (nSPS) is 27.3. The molecule has 2 atom stereocenters. The van der Waals surface area contributed by atoms with E-state index in [-0.39, 0.29) is 11.8 Å². The Morgan fingerprint density at radius 3 is 2.54 bits per heavy atom. The summed E-state index contributed by atoms with van der Waals surface area (Å²) in [5.74, 6) is 0.634. The Kier molecular flexibility index (Phi) is 2.05. The minimum absolute atomic E-state index is 0.0567. The first kappa shape index (κ1) is 8.30. The molecular weight excluding hydrogens is 162 g/mol. The minimum Gasteiger partial charge on any atom is -0.355 e. The number of carbonyl (C=O) groups is 1. The van der Waals surface area contributed by atoms with Crippen LogP contribution in [0.15, 0.2) is 30.3 Å². The van der Waals surface area contributed by atoms with Crippen molar-refractivity contribution < 1.29 is 4.79 Å². The maximum Gasteiger partial charge on any atom is 0.227 e. The van der Waals surface area contributed by atoms with Gasteiger partial charge in [0.25, 0.3) is 0 Å². The molecule has 1 aromatic carbocycles. The molecule has 0 unspecified atom stereocenters. The monoisotopic (exact) mass is 175 g/mol. The van der Waals surface area contributed by atoms with Crippen LogP contribution in [0.4, 0.5) is 0 Å². The van der Waals surface area contributed by atoms with Crippen molar-refractivity contribution in [2.24, 2.45) is 5.92 Å². The van der Waals surface area contributed by atoms with Crippen molar-refractivity contribution >= 4 is 5.91 Å². The molecule has 0 bridgehead atoms. The fourth-order valence-electron chi connectivity index (χ4n) is 1.89. The molecule has 2 rings (SSSR count). The van der Waals surface area contributed by atoms with Gasteiger partial charge in [-0.15, -0.1) is 0 Å². The lowest BCUT2D eigenvalue weighted by molar-refractivity contribution is -0.120. The van der Waals surface area contributed by atoms with E-state index in [0.29, 0.717) is 5.92 Å². The van der Waals surface area contributed by atoms with Gasteiger partial charge in [0.1, 0.15) is 0 Å². The summed E-state index contributed by atoms with van der Waals surface area (Å²) in [5.41, 5.74) is 1.13. The van der Waals surface area contributed by atoms with Gasteiger partial charge in [-0.05, 0) is 11.5 Å². The molecule has 1 aliphatic rings. The first-order chi connectivity index (χ1) is 6.29. The van der Waals surface area contributed by atoms with Crippen LogP contribution in [-0.4, -0.2) is 12.5 Å². The summed E-state index contributed by atoms with van der Waals surface area (Å²) < 4.78 is 0. The van der Waals surface area contributed by atoms with E-state index in [0.717, 1.165) is 12.1 Å². The van der Waals surface area contributed by atoms with E-state index in [1.165, 1.54) is 0 Å². The molecule has 0 aromatic heterocycles. The van der Waals surface area contributed by atoms with Crippen molar-refractivity contribution in [3.63, 3.8) is 0 Å². The Bertz CT molecular complexity index is 307. The average Bonchev–Trinajstić information content (AvgIpc) is 2.48. The van der Waals surface area contributed by atoms with Crippen LogP contribution in [-0.2, 0) is 4.79 Å². The van der Waals surface area contributed by atoms with E-state index in [9.17, 15) is 4.79 Å². The zero-order valence-corrected chi connectivity index (χ0v) is 7.66. The molecule has 0 aliphatic carbocycles. The second kappa shape index (κ2) is 3.21. The highest BCUT2D eigenvalue weighted by atomic mass is 16.2. The van der Waals surface area contributed by atoms with Crippen LogP contribution in [0.3, 0.4) is 0 Å². The molecule has 68 valence electrons. The molecule has 0 radical (unpaired) electrons. The molecule has 1 fully saturated rings. The van der Waals surface area contributed by atoms with Crippen molar-refractivity contribution in [1.29, 1.82) is 0 Å². The second-order valence-corrected chi connectivity index (χ2v) is 3.61. The van der Waals surface area contributed by atoms with Gasteiger partial charge in [-0.3, -0.25) is 4.79 Å². The highest BCUT2D eigenvalue weighted by molar-refractivity contribution is 5.86. The third-order valence-electron chi connectivity index (χ3n) is 2.61. The van der Waals surface area contributed by atoms with Crippen LogP contribution in [0, 0.1) is 5.92 Å². The topological polar surface area (TPSA) is 29.1 Å². The maximum atomic E-state index is 11.5. The molecule has 1 aromatic rings. The van der Waals surface area contributed by atoms with Crippen LogP contribution < -0.4 is 5.32 Å². The molecule has 0 spiro atoms. The first-order valence-electron chi connectivity index (χ1n) is 4.61. The highest BCUT2D eigenvalue weighted by Gasteiger charge is 2.32. The molecule has 2 heteroatoms. The minimum atomic E-state index is 0.0567. The van der Waals surface area contributed by atoms with Crippen LogP contribution in [0.25, 0.3) is 0 Å². The van der Waals surface area contributed by atoms with Crippen molar-refractivity contribution in [3.8, 4) is 0 Å². The van der Waals surface area contributed by atoms with E-state index in [2.05, 4.69) is 12.2 Å². The van der Waals surface area contributed by atoms with E-state index >= 15 is 0 Å². The lowest BCUT2D eigenvalue weighted by Gasteiger charge is -2.11. The van der Waals surface area contributed by atoms with Crippen LogP contribution >= 0.6 is 0 Å². The van der Waals surface area contributed by atoms with Gasteiger partial charge < -0.3 is 5.32 Å². The van der Waals surface area contributed by atoms with Gasteiger partial charge in [-0.25, -0.2) is 0 Å². The van der Waals surface area contributed by atoms with E-state index in [1.807, 2.05) is 30.3 Å². The molecule has 0 saturated carbocycles. The van der Waals surface area contributed by atoms with Gasteiger partial charge in [0.2, 0.25) is 5.91 Å². The van der Waals surface area contributed by atoms with Gasteiger partial charge in [0.05, 0.1) is 5.92 Å². The fraction of sp³-hybridized carbons (Fsp3) is 0.364. The van der Waals surface area contributed by atoms with E-state index < -0.39 is 0 Å². The zero-order chi connectivity index (χ0) is 9.26. The summed E-state index contributed by atoms with van der Waals surface area (Å²) in [6, 6.07) is 9.97. The molecule has 1 N–H and O–H groups in total. The highest BCUT2D eigenvalue weighted by Crippen LogP contribution is 2.28. The largest absolute Gasteiger partial charge is 0.355 e. The predicted molar refractivity (Wildman–Crippen MR) is 51.4 cm³/mol. The zero-order valence-electron chi connectivity index (χ0n) is 7.66. The summed E-state index contributed by atoms with van der Waals surface area (Å²) in [4.78, 5) is 11.5. The first-order valence-corrected chi connectivity index (χ1v) is 4.61. The fourth-order valence-corrected chi connectivity index (χ4v) is 1.89. The molecule has 1 heterocycles. The lowest BCUT2D eigenvalue weighted by Crippen LogP contribution is -2.17. The van der Waals surface area contributed by atoms with Crippen molar-refractivity contribution in [3.05, 3.63) is 35.9 Å². The quantitative estimate of drug-likeness (QED) is 0.689. The van der Waals surface area contributed by atoms with Gasteiger partial charge in [-0.1, -0.05) is 37.3 Å². The Hall–Kier alpha value is -1.31. The molecular formula is C11H13NO. The number of amides is 1. The number of benzene rings is 1. The standard InChI is InChI=1S/C11H13NO/c1-8-7-12-11(13)10(8)9-5-3-2-4-6-9/h2-6,8,10H,7H2,1H3,(H,12,13)/t8-,10-/m1/s1. The summed E-state index contributed by atoms with van der Waals surface area (Å²) >= 11 is 0. The third kappa shape index (κ3) is 1.44. The van der Waals surface area contributed by atoms with Gasteiger partial charge in [-0.2, -0.15) is 0 Å². The SMILES string of the molecule is C[C@@H]1CNC(=O)[C@H]1c1ccccc1. The van der Waals surface area contributed by atoms with Crippen molar-refractivity contribution in [1.82, 2.24) is 5.32 Å². The van der Waals surface area contributed by atoms with Crippen LogP contribution in [0.1, 0.15) is 18.4 Å². The van der Waals surface area contributed by atoms with Crippen molar-refractivity contribution in [2.75, 3.05) is 6.54 Å². The molecule has 2 nitrogen and oxygen atoms in total. The summed E-state index contributed by atoms with van der Waals surface area (Å²) in [6.07, 6.45) is 0. The van der Waals surface area contributed by atoms with Crippen LogP contribution in [0.2, 0.25) is 0 Å². The third-order valence-corrected chi connectivity index (χ3v) is 2.61. The molecule has 1 aliphatic heterocycles. The molecule has 13 heavy (non-hydrogen) atoms. The van der Waals surface area contributed by atoms with Crippen molar-refractivity contribution in [2.45, 2.75) is 12.8 Å². The predicted octanol–water partition coefficient (Wildman–Crippen LogP) is 1.54. The summed E-state index contributed by atoms with van der Waals surface area (Å²) in [5, 5.41) is 2.88. The van der Waals surface area contributed by atoms with E-state index in [4.69, 9.17) is 0 Å². The Labute approximate surface area is 78.0 Å². The Morgan fingerprint density at radius 1 is 1.31 bits per heavy atom. The number of hydrogen-bond acceptors (Lipinski definition) is 1. The number of rotatable bonds is 1. The maximum absolute atomic E-state index is 11.5. The molecule has 1 saturated heterocycles. The van der Waals surface area contributed by atoms with Gasteiger partial charge in [0, 0.05) is 6.54 Å². The number of carbonyl (C=O) groups excluding carboxylic acids is 1. The second-order valence-electron chi connectivity index (χ2n) is 3.61. The summed E-state index contributed by atoms with van der Waals surface area (Å²) in [6.45, 7) is 2.91. The van der Waals surface area contributed by atoms with Crippen LogP contribution in [0.5, 0.6) is 0 Å². The Balaban J connectivity index is 2.30. The van der Waals surface area contributed by atoms with Gasteiger partial charge in [0.15, 0.2) is 0 Å².